The van der Waals surface area contributed by atoms with Gasteiger partial charge in [-0.2, -0.15) is 0 Å². The minimum atomic E-state index is -0.218. The van der Waals surface area contributed by atoms with Crippen molar-refractivity contribution in [1.29, 1.82) is 0 Å². The number of hydrogen-bond acceptors (Lipinski definition) is 2. The largest absolute Gasteiger partial charge is 0.311 e. The summed E-state index contributed by atoms with van der Waals surface area (Å²) in [5.41, 5.74) is 0.641. The molecule has 0 aliphatic carbocycles. The molecule has 4 heteroatoms. The first kappa shape index (κ1) is 14.4. The average molecular weight is 259 g/mol. The summed E-state index contributed by atoms with van der Waals surface area (Å²) in [6.45, 7) is 5.54. The number of hydrogen-bond donors (Lipinski definition) is 1. The Morgan fingerprint density at radius 2 is 2.00 bits per heavy atom. The van der Waals surface area contributed by atoms with E-state index in [-0.39, 0.29) is 11.4 Å². The highest BCUT2D eigenvalue weighted by atomic mass is 35.5. The van der Waals surface area contributed by atoms with E-state index in [9.17, 15) is 4.39 Å². The van der Waals surface area contributed by atoms with Gasteiger partial charge in [0.2, 0.25) is 0 Å². The molecule has 1 aromatic rings. The van der Waals surface area contributed by atoms with E-state index in [2.05, 4.69) is 24.1 Å². The van der Waals surface area contributed by atoms with Crippen LogP contribution >= 0.6 is 11.6 Å². The molecule has 0 heterocycles. The van der Waals surface area contributed by atoms with Gasteiger partial charge in [0.05, 0.1) is 0 Å². The van der Waals surface area contributed by atoms with Gasteiger partial charge in [0.15, 0.2) is 0 Å². The highest BCUT2D eigenvalue weighted by Crippen LogP contribution is 2.15. The molecular formula is C13H20ClFN2. The maximum Gasteiger partial charge on any atom is 0.127 e. The molecule has 0 fully saturated rings. The Balaban J connectivity index is 2.54. The van der Waals surface area contributed by atoms with E-state index < -0.39 is 0 Å². The lowest BCUT2D eigenvalue weighted by Gasteiger charge is -2.32. The van der Waals surface area contributed by atoms with E-state index in [1.807, 2.05) is 14.1 Å². The highest BCUT2D eigenvalue weighted by molar-refractivity contribution is 6.30. The number of nitrogens with zero attached hydrogens (tertiary/aromatic N) is 1. The number of nitrogens with one attached hydrogen (secondary N) is 1. The van der Waals surface area contributed by atoms with Crippen molar-refractivity contribution in [3.05, 3.63) is 34.6 Å². The Kier molecular flexibility index (Phi) is 4.92. The molecular weight excluding hydrogens is 239 g/mol. The maximum atomic E-state index is 13.4. The molecule has 0 atom stereocenters. The summed E-state index contributed by atoms with van der Waals surface area (Å²) in [7, 11) is 4.06. The molecule has 0 radical (unpaired) electrons. The summed E-state index contributed by atoms with van der Waals surface area (Å²) in [6.07, 6.45) is 0. The number of benzene rings is 1. The van der Waals surface area contributed by atoms with Gasteiger partial charge in [0.1, 0.15) is 5.82 Å². The zero-order valence-corrected chi connectivity index (χ0v) is 11.6. The lowest BCUT2D eigenvalue weighted by Crippen LogP contribution is -2.46. The van der Waals surface area contributed by atoms with Gasteiger partial charge in [-0.1, -0.05) is 11.6 Å². The van der Waals surface area contributed by atoms with Crippen molar-refractivity contribution < 1.29 is 4.39 Å². The highest BCUT2D eigenvalue weighted by Gasteiger charge is 2.19. The van der Waals surface area contributed by atoms with Gasteiger partial charge in [-0.3, -0.25) is 0 Å². The molecule has 96 valence electrons. The minimum Gasteiger partial charge on any atom is -0.311 e. The van der Waals surface area contributed by atoms with Gasteiger partial charge >= 0.3 is 0 Å². The first-order valence-corrected chi connectivity index (χ1v) is 6.03. The Labute approximate surface area is 108 Å². The molecule has 0 saturated heterocycles. The molecule has 1 N–H and O–H groups in total. The second-order valence-corrected chi connectivity index (χ2v) is 5.48. The molecule has 0 aliphatic heterocycles. The Bertz CT molecular complexity index is 378. The SMILES string of the molecule is CN(C)C(C)(C)CNCc1cc(Cl)ccc1F. The van der Waals surface area contributed by atoms with Gasteiger partial charge < -0.3 is 10.2 Å². The second kappa shape index (κ2) is 5.80. The van der Waals surface area contributed by atoms with Gasteiger partial charge in [-0.25, -0.2) is 4.39 Å². The molecule has 0 bridgehead atoms. The molecule has 0 aromatic heterocycles. The summed E-state index contributed by atoms with van der Waals surface area (Å²) >= 11 is 5.83. The lowest BCUT2D eigenvalue weighted by molar-refractivity contribution is 0.189. The third-order valence-corrected chi connectivity index (χ3v) is 3.33. The molecule has 0 amide bonds. The van der Waals surface area contributed by atoms with Gasteiger partial charge in [-0.05, 0) is 46.1 Å². The van der Waals surface area contributed by atoms with Gasteiger partial charge in [-0.15, -0.1) is 0 Å². The van der Waals surface area contributed by atoms with Crippen LogP contribution in [0.1, 0.15) is 19.4 Å². The smallest absolute Gasteiger partial charge is 0.127 e. The van der Waals surface area contributed by atoms with Crippen molar-refractivity contribution in [3.8, 4) is 0 Å². The fourth-order valence-corrected chi connectivity index (χ4v) is 1.53. The van der Waals surface area contributed by atoms with Crippen LogP contribution in [0.15, 0.2) is 18.2 Å². The number of halogens is 2. The molecule has 0 saturated carbocycles. The second-order valence-electron chi connectivity index (χ2n) is 5.05. The quantitative estimate of drug-likeness (QED) is 0.874. The Morgan fingerprint density at radius 3 is 2.59 bits per heavy atom. The maximum absolute atomic E-state index is 13.4. The first-order chi connectivity index (χ1) is 7.83. The van der Waals surface area contributed by atoms with Crippen molar-refractivity contribution in [3.63, 3.8) is 0 Å². The van der Waals surface area contributed by atoms with Crippen LogP contribution in [0.3, 0.4) is 0 Å². The van der Waals surface area contributed by atoms with E-state index >= 15 is 0 Å². The molecule has 0 aliphatic rings. The van der Waals surface area contributed by atoms with Crippen molar-refractivity contribution >= 4 is 11.6 Å². The third-order valence-electron chi connectivity index (χ3n) is 3.09. The predicted octanol–water partition coefficient (Wildman–Crippen LogP) is 2.91. The molecule has 1 rings (SSSR count). The van der Waals surface area contributed by atoms with Crippen LogP contribution < -0.4 is 5.32 Å². The summed E-state index contributed by atoms with van der Waals surface area (Å²) in [5.74, 6) is -0.218. The molecule has 0 unspecified atom stereocenters. The van der Waals surface area contributed by atoms with Crippen LogP contribution in [0, 0.1) is 5.82 Å². The van der Waals surface area contributed by atoms with Crippen LogP contribution in [0.5, 0.6) is 0 Å². The van der Waals surface area contributed by atoms with Crippen LogP contribution in [-0.2, 0) is 6.54 Å². The van der Waals surface area contributed by atoms with Crippen LogP contribution in [0.2, 0.25) is 5.02 Å². The Morgan fingerprint density at radius 1 is 1.35 bits per heavy atom. The molecule has 2 nitrogen and oxygen atoms in total. The zero-order chi connectivity index (χ0) is 13.1. The molecule has 0 spiro atoms. The van der Waals surface area contributed by atoms with Crippen LogP contribution in [-0.4, -0.2) is 31.1 Å². The van der Waals surface area contributed by atoms with E-state index in [1.54, 1.807) is 12.1 Å². The summed E-state index contributed by atoms with van der Waals surface area (Å²) in [6, 6.07) is 4.62. The third kappa shape index (κ3) is 4.26. The molecule has 17 heavy (non-hydrogen) atoms. The van der Waals surface area contributed by atoms with Gasteiger partial charge in [0.25, 0.3) is 0 Å². The van der Waals surface area contributed by atoms with Gasteiger partial charge in [0, 0.05) is 29.2 Å². The van der Waals surface area contributed by atoms with Crippen LogP contribution in [0.25, 0.3) is 0 Å². The number of rotatable bonds is 5. The summed E-state index contributed by atoms with van der Waals surface area (Å²) < 4.78 is 13.4. The summed E-state index contributed by atoms with van der Waals surface area (Å²) in [4.78, 5) is 2.13. The Hall–Kier alpha value is -0.640. The predicted molar refractivity (Wildman–Crippen MR) is 70.9 cm³/mol. The van der Waals surface area contributed by atoms with E-state index in [1.165, 1.54) is 6.07 Å². The first-order valence-electron chi connectivity index (χ1n) is 5.65. The van der Waals surface area contributed by atoms with Crippen molar-refractivity contribution in [2.24, 2.45) is 0 Å². The van der Waals surface area contributed by atoms with E-state index in [4.69, 9.17) is 11.6 Å². The van der Waals surface area contributed by atoms with E-state index in [0.717, 1.165) is 6.54 Å². The topological polar surface area (TPSA) is 15.3 Å². The normalized spacial score (nSPS) is 12.2. The summed E-state index contributed by atoms with van der Waals surface area (Å²) in [5, 5.41) is 3.82. The molecule has 1 aromatic carbocycles. The zero-order valence-electron chi connectivity index (χ0n) is 10.8. The van der Waals surface area contributed by atoms with Crippen molar-refractivity contribution in [2.45, 2.75) is 25.9 Å². The van der Waals surface area contributed by atoms with Crippen molar-refractivity contribution in [1.82, 2.24) is 10.2 Å². The number of likely N-dealkylation sites (N-methyl/N-ethyl adjacent to an activating group) is 1. The fourth-order valence-electron chi connectivity index (χ4n) is 1.34. The average Bonchev–Trinajstić information content (AvgIpc) is 2.22. The minimum absolute atomic E-state index is 0.0368. The van der Waals surface area contributed by atoms with Crippen molar-refractivity contribution in [2.75, 3.05) is 20.6 Å². The fraction of sp³-hybridized carbons (Fsp3) is 0.538. The standard InChI is InChI=1S/C13H20ClFN2/c1-13(2,17(3)4)9-16-8-10-7-11(14)5-6-12(10)15/h5-7,16H,8-9H2,1-4H3. The monoisotopic (exact) mass is 258 g/mol. The van der Waals surface area contributed by atoms with E-state index in [0.29, 0.717) is 17.1 Å². The van der Waals surface area contributed by atoms with Crippen LogP contribution in [0.4, 0.5) is 4.39 Å². The lowest BCUT2D eigenvalue weighted by atomic mass is 10.0.